The zero-order chi connectivity index (χ0) is 15.3. The van der Waals surface area contributed by atoms with E-state index in [2.05, 4.69) is 22.5 Å². The van der Waals surface area contributed by atoms with E-state index in [4.69, 9.17) is 9.47 Å². The van der Waals surface area contributed by atoms with Gasteiger partial charge in [-0.15, -0.1) is 0 Å². The Bertz CT molecular complexity index is 404. The van der Waals surface area contributed by atoms with Crippen molar-refractivity contribution in [3.8, 4) is 5.75 Å². The molecule has 1 rings (SSSR count). The van der Waals surface area contributed by atoms with Gasteiger partial charge in [0, 0.05) is 26.3 Å². The van der Waals surface area contributed by atoms with Gasteiger partial charge in [-0.1, -0.05) is 12.1 Å². The zero-order valence-electron chi connectivity index (χ0n) is 13.3. The van der Waals surface area contributed by atoms with Crippen LogP contribution in [0.3, 0.4) is 0 Å². The molecule has 0 unspecified atom stereocenters. The maximum atomic E-state index is 5.31. The average molecular weight is 293 g/mol. The largest absolute Gasteiger partial charge is 0.497 e. The highest BCUT2D eigenvalue weighted by molar-refractivity contribution is 5.79. The first kappa shape index (κ1) is 17.3. The SMILES string of the molecule is CCNC(=NCc1ccc(OC)cc1)NCCCOCC. The van der Waals surface area contributed by atoms with Crippen molar-refractivity contribution >= 4 is 5.96 Å². The van der Waals surface area contributed by atoms with Gasteiger partial charge < -0.3 is 20.1 Å². The molecule has 0 aliphatic heterocycles. The van der Waals surface area contributed by atoms with Crippen LogP contribution in [-0.2, 0) is 11.3 Å². The lowest BCUT2D eigenvalue weighted by Gasteiger charge is -2.11. The first-order valence-electron chi connectivity index (χ1n) is 7.53. The molecule has 5 nitrogen and oxygen atoms in total. The number of nitrogens with zero attached hydrogens (tertiary/aromatic N) is 1. The number of rotatable bonds is 9. The fourth-order valence-corrected chi connectivity index (χ4v) is 1.77. The summed E-state index contributed by atoms with van der Waals surface area (Å²) in [6.45, 7) is 7.96. The van der Waals surface area contributed by atoms with Gasteiger partial charge >= 0.3 is 0 Å². The minimum atomic E-state index is 0.644. The molecule has 0 amide bonds. The quantitative estimate of drug-likeness (QED) is 0.416. The number of benzene rings is 1. The van der Waals surface area contributed by atoms with Crippen LogP contribution in [0.1, 0.15) is 25.8 Å². The summed E-state index contributed by atoms with van der Waals surface area (Å²) in [6.07, 6.45) is 0.973. The highest BCUT2D eigenvalue weighted by Gasteiger charge is 1.98. The highest BCUT2D eigenvalue weighted by Crippen LogP contribution is 2.11. The Morgan fingerprint density at radius 2 is 1.90 bits per heavy atom. The Hall–Kier alpha value is -1.75. The van der Waals surface area contributed by atoms with E-state index in [0.717, 1.165) is 50.0 Å². The van der Waals surface area contributed by atoms with Gasteiger partial charge in [0.25, 0.3) is 0 Å². The van der Waals surface area contributed by atoms with Crippen LogP contribution in [-0.4, -0.2) is 39.4 Å². The second-order valence-electron chi connectivity index (χ2n) is 4.52. The Labute approximate surface area is 127 Å². The highest BCUT2D eigenvalue weighted by atomic mass is 16.5. The maximum absolute atomic E-state index is 5.31. The standard InChI is InChI=1S/C16H27N3O2/c1-4-17-16(18-11-6-12-21-5-2)19-13-14-7-9-15(20-3)10-8-14/h7-10H,4-6,11-13H2,1-3H3,(H2,17,18,19). The smallest absolute Gasteiger partial charge is 0.191 e. The summed E-state index contributed by atoms with van der Waals surface area (Å²) < 4.78 is 10.5. The first-order valence-corrected chi connectivity index (χ1v) is 7.53. The predicted molar refractivity (Wildman–Crippen MR) is 86.9 cm³/mol. The molecule has 0 aromatic heterocycles. The Balaban J connectivity index is 2.42. The number of hydrogen-bond donors (Lipinski definition) is 2. The van der Waals surface area contributed by atoms with Crippen LogP contribution in [0.4, 0.5) is 0 Å². The average Bonchev–Trinajstić information content (AvgIpc) is 2.52. The van der Waals surface area contributed by atoms with E-state index in [1.807, 2.05) is 31.2 Å². The van der Waals surface area contributed by atoms with Gasteiger partial charge in [-0.25, -0.2) is 4.99 Å². The number of guanidine groups is 1. The maximum Gasteiger partial charge on any atom is 0.191 e. The van der Waals surface area contributed by atoms with Gasteiger partial charge in [-0.3, -0.25) is 0 Å². The van der Waals surface area contributed by atoms with E-state index in [-0.39, 0.29) is 0 Å². The molecule has 0 spiro atoms. The number of methoxy groups -OCH3 is 1. The molecule has 0 radical (unpaired) electrons. The van der Waals surface area contributed by atoms with Gasteiger partial charge in [0.2, 0.25) is 0 Å². The molecule has 0 saturated carbocycles. The molecule has 118 valence electrons. The lowest BCUT2D eigenvalue weighted by Crippen LogP contribution is -2.38. The van der Waals surface area contributed by atoms with Crippen molar-refractivity contribution in [2.24, 2.45) is 4.99 Å². The third-order valence-electron chi connectivity index (χ3n) is 2.89. The topological polar surface area (TPSA) is 54.9 Å². The molecule has 2 N–H and O–H groups in total. The molecular weight excluding hydrogens is 266 g/mol. The second-order valence-corrected chi connectivity index (χ2v) is 4.52. The lowest BCUT2D eigenvalue weighted by molar-refractivity contribution is 0.145. The van der Waals surface area contributed by atoms with E-state index >= 15 is 0 Å². The molecule has 1 aromatic carbocycles. The van der Waals surface area contributed by atoms with Crippen LogP contribution >= 0.6 is 0 Å². The third-order valence-corrected chi connectivity index (χ3v) is 2.89. The Kier molecular flexibility index (Phi) is 9.04. The van der Waals surface area contributed by atoms with Crippen molar-refractivity contribution in [2.45, 2.75) is 26.8 Å². The fourth-order valence-electron chi connectivity index (χ4n) is 1.77. The van der Waals surface area contributed by atoms with Crippen LogP contribution in [0.25, 0.3) is 0 Å². The van der Waals surface area contributed by atoms with Crippen molar-refractivity contribution in [3.63, 3.8) is 0 Å². The van der Waals surface area contributed by atoms with Crippen molar-refractivity contribution in [1.29, 1.82) is 0 Å². The van der Waals surface area contributed by atoms with Crippen molar-refractivity contribution < 1.29 is 9.47 Å². The van der Waals surface area contributed by atoms with Crippen LogP contribution in [0, 0.1) is 0 Å². The minimum absolute atomic E-state index is 0.644. The molecule has 0 aliphatic carbocycles. The van der Waals surface area contributed by atoms with Gasteiger partial charge in [-0.2, -0.15) is 0 Å². The normalized spacial score (nSPS) is 11.3. The molecule has 1 aromatic rings. The summed E-state index contributed by atoms with van der Waals surface area (Å²) in [5.41, 5.74) is 1.15. The summed E-state index contributed by atoms with van der Waals surface area (Å²) in [6, 6.07) is 7.96. The van der Waals surface area contributed by atoms with E-state index < -0.39 is 0 Å². The molecule has 0 fully saturated rings. The molecule has 0 saturated heterocycles. The van der Waals surface area contributed by atoms with E-state index in [0.29, 0.717) is 6.54 Å². The monoisotopic (exact) mass is 293 g/mol. The van der Waals surface area contributed by atoms with Crippen LogP contribution in [0.5, 0.6) is 5.75 Å². The first-order chi connectivity index (χ1) is 10.3. The van der Waals surface area contributed by atoms with Crippen molar-refractivity contribution in [1.82, 2.24) is 10.6 Å². The summed E-state index contributed by atoms with van der Waals surface area (Å²) in [5, 5.41) is 6.55. The lowest BCUT2D eigenvalue weighted by atomic mass is 10.2. The molecular formula is C16H27N3O2. The summed E-state index contributed by atoms with van der Waals surface area (Å²) in [7, 11) is 1.67. The number of ether oxygens (including phenoxy) is 2. The van der Waals surface area contributed by atoms with Gasteiger partial charge in [0.15, 0.2) is 5.96 Å². The second kappa shape index (κ2) is 11.0. The summed E-state index contributed by atoms with van der Waals surface area (Å²) in [4.78, 5) is 4.57. The molecule has 0 bridgehead atoms. The van der Waals surface area contributed by atoms with Crippen LogP contribution in [0.2, 0.25) is 0 Å². The fraction of sp³-hybridized carbons (Fsp3) is 0.562. The number of hydrogen-bond acceptors (Lipinski definition) is 3. The van der Waals surface area contributed by atoms with Crippen molar-refractivity contribution in [2.75, 3.05) is 33.4 Å². The zero-order valence-corrected chi connectivity index (χ0v) is 13.3. The van der Waals surface area contributed by atoms with E-state index in [1.165, 1.54) is 0 Å². The number of aliphatic imine (C=N–C) groups is 1. The van der Waals surface area contributed by atoms with Crippen LogP contribution in [0.15, 0.2) is 29.3 Å². The molecule has 0 atom stereocenters. The molecule has 5 heteroatoms. The molecule has 21 heavy (non-hydrogen) atoms. The molecule has 0 aliphatic rings. The van der Waals surface area contributed by atoms with E-state index in [1.54, 1.807) is 7.11 Å². The molecule has 0 heterocycles. The Morgan fingerprint density at radius 3 is 2.52 bits per heavy atom. The third kappa shape index (κ3) is 7.56. The van der Waals surface area contributed by atoms with Crippen molar-refractivity contribution in [3.05, 3.63) is 29.8 Å². The number of nitrogens with one attached hydrogen (secondary N) is 2. The summed E-state index contributed by atoms with van der Waals surface area (Å²) >= 11 is 0. The van der Waals surface area contributed by atoms with Gasteiger partial charge in [-0.05, 0) is 38.0 Å². The predicted octanol–water partition coefficient (Wildman–Crippen LogP) is 2.18. The van der Waals surface area contributed by atoms with E-state index in [9.17, 15) is 0 Å². The Morgan fingerprint density at radius 1 is 1.14 bits per heavy atom. The van der Waals surface area contributed by atoms with Gasteiger partial charge in [0.1, 0.15) is 5.75 Å². The summed E-state index contributed by atoms with van der Waals surface area (Å²) in [5.74, 6) is 1.70. The van der Waals surface area contributed by atoms with Crippen LogP contribution < -0.4 is 15.4 Å². The minimum Gasteiger partial charge on any atom is -0.497 e. The van der Waals surface area contributed by atoms with Gasteiger partial charge in [0.05, 0.1) is 13.7 Å².